The number of nitrogens with two attached hydrogens (primary N) is 1. The minimum absolute atomic E-state index is 0.0207. The monoisotopic (exact) mass is 1010 g/mol. The Morgan fingerprint density at radius 3 is 1.56 bits per heavy atom. The summed E-state index contributed by atoms with van der Waals surface area (Å²) in [6.45, 7) is 19.9. The van der Waals surface area contributed by atoms with Gasteiger partial charge in [0.15, 0.2) is 34.7 Å². The summed E-state index contributed by atoms with van der Waals surface area (Å²) in [4.78, 5) is 75.8. The Bertz CT molecular complexity index is 2650. The Kier molecular flexibility index (Phi) is 16.0. The first-order valence-corrected chi connectivity index (χ1v) is 24.8. The molecule has 0 radical (unpaired) electrons. The van der Waals surface area contributed by atoms with Crippen molar-refractivity contribution >= 4 is 58.5 Å². The van der Waals surface area contributed by atoms with E-state index in [2.05, 4.69) is 40.4 Å². The number of carboxylic acid groups (broad SMARTS) is 1. The molecule has 6 aliphatic rings. The van der Waals surface area contributed by atoms with Gasteiger partial charge >= 0.3 is 18.0 Å². The number of ether oxygens (including phenoxy) is 6. The van der Waals surface area contributed by atoms with Gasteiger partial charge in [0.25, 0.3) is 0 Å². The minimum Gasteiger partial charge on any atom is -0.491 e. The number of ketones is 1. The fourth-order valence-electron chi connectivity index (χ4n) is 9.24. The van der Waals surface area contributed by atoms with Gasteiger partial charge in [0.2, 0.25) is 0 Å². The molecule has 4 saturated heterocycles. The van der Waals surface area contributed by atoms with Gasteiger partial charge in [-0.3, -0.25) is 25.2 Å². The lowest BCUT2D eigenvalue weighted by Crippen LogP contribution is -2.48. The fraction of sp³-hybridized carbons (Fsp3) is 0.529. The third-order valence-corrected chi connectivity index (χ3v) is 12.4. The third-order valence-electron chi connectivity index (χ3n) is 12.4. The van der Waals surface area contributed by atoms with E-state index in [0.29, 0.717) is 85.9 Å². The van der Waals surface area contributed by atoms with E-state index in [1.54, 1.807) is 53.7 Å². The first-order valence-electron chi connectivity index (χ1n) is 24.8. The minimum atomic E-state index is -1.14. The smallest absolute Gasteiger partial charge is 0.354 e. The first-order chi connectivity index (χ1) is 34.7. The van der Waals surface area contributed by atoms with Gasteiger partial charge in [-0.25, -0.2) is 34.3 Å². The molecule has 4 bridgehead atoms. The number of aromatic nitrogens is 4. The highest BCUT2D eigenvalue weighted by atomic mass is 16.8. The second-order valence-corrected chi connectivity index (χ2v) is 20.3. The average Bonchev–Trinajstić information content (AvgIpc) is 4.13. The summed E-state index contributed by atoms with van der Waals surface area (Å²) in [5.74, 6) is 0.483. The standard InChI is InChI=1S/C26H33N5O5.C22H25N5O6.C3H9N/c1-16(2)11-22(32)20-5-6-21-24(28-20)31(17-8-10-30(21)13-17)25(33)29-23-12-18(7-9-27-23)34-14-19-15-35-26(3,4)36-19;1-22(2)32-12-15(33-22)11-31-14-5-7-23-18(9-14)25-21(30)27-13-6-8-26(10-13)17-4-3-16(20(28)29)24-19(17)27;1-3(2)4/h5-7,9,12,16-17,19H,8,10-11,13-15H2,1-4H3,(H,27,29,33);3-5,7,9,13,15H,6,8,10-12H2,1-2H3,(H,28,29)(H,23,25,30);3H,4H2,1-2H3/t17-,19-;13-,15-;/m00./s1. The third kappa shape index (κ3) is 13.1. The molecule has 4 atom stereocenters. The van der Waals surface area contributed by atoms with Crippen LogP contribution >= 0.6 is 0 Å². The van der Waals surface area contributed by atoms with Crippen LogP contribution in [0.3, 0.4) is 0 Å². The number of carbonyl (C=O) groups excluding carboxylic acids is 3. The van der Waals surface area contributed by atoms with E-state index in [9.17, 15) is 24.3 Å². The van der Waals surface area contributed by atoms with E-state index in [1.807, 2.05) is 61.5 Å². The molecule has 0 aliphatic carbocycles. The highest BCUT2D eigenvalue weighted by molar-refractivity contribution is 6.06. The Hall–Kier alpha value is -6.72. The number of fused-ring (bicyclic) bond motifs is 8. The van der Waals surface area contributed by atoms with Crippen LogP contribution in [0.15, 0.2) is 60.9 Å². The normalized spacial score (nSPS) is 21.6. The van der Waals surface area contributed by atoms with Gasteiger partial charge in [0.05, 0.1) is 36.7 Å². The highest BCUT2D eigenvalue weighted by Crippen LogP contribution is 2.41. The summed E-state index contributed by atoms with van der Waals surface area (Å²) in [6, 6.07) is 13.0. The zero-order chi connectivity index (χ0) is 52.2. The van der Waals surface area contributed by atoms with Crippen LogP contribution in [0.2, 0.25) is 0 Å². The summed E-state index contributed by atoms with van der Waals surface area (Å²) < 4.78 is 34.3. The van der Waals surface area contributed by atoms with Crippen molar-refractivity contribution < 1.29 is 52.7 Å². The second kappa shape index (κ2) is 22.2. The number of Topliss-reactive ketones (excluding diaryl/α,β-unsaturated/α-hetero) is 1. The van der Waals surface area contributed by atoms with E-state index >= 15 is 0 Å². The number of anilines is 6. The summed E-state index contributed by atoms with van der Waals surface area (Å²) >= 11 is 0. The summed E-state index contributed by atoms with van der Waals surface area (Å²) in [7, 11) is 0. The molecule has 22 nitrogen and oxygen atoms in total. The Balaban J connectivity index is 0.000000182. The van der Waals surface area contributed by atoms with Crippen molar-refractivity contribution in [1.29, 1.82) is 0 Å². The molecule has 6 aliphatic heterocycles. The quantitative estimate of drug-likeness (QED) is 0.110. The van der Waals surface area contributed by atoms with Crippen LogP contribution in [0.5, 0.6) is 11.5 Å². The van der Waals surface area contributed by atoms with Crippen molar-refractivity contribution in [3.8, 4) is 11.5 Å². The largest absolute Gasteiger partial charge is 0.491 e. The Labute approximate surface area is 424 Å². The molecule has 0 aromatic carbocycles. The number of pyridine rings is 4. The van der Waals surface area contributed by atoms with Gasteiger partial charge in [0, 0.05) is 57.1 Å². The molecule has 4 aromatic rings. The number of rotatable bonds is 12. The van der Waals surface area contributed by atoms with Crippen molar-refractivity contribution in [2.45, 2.75) is 117 Å². The zero-order valence-corrected chi connectivity index (χ0v) is 42.7. The second-order valence-electron chi connectivity index (χ2n) is 20.3. The molecule has 10 rings (SSSR count). The molecular formula is C51H67N11O11. The predicted octanol–water partition coefficient (Wildman–Crippen LogP) is 6.56. The van der Waals surface area contributed by atoms with Crippen molar-refractivity contribution in [2.24, 2.45) is 11.7 Å². The molecule has 0 spiro atoms. The predicted molar refractivity (Wildman–Crippen MR) is 272 cm³/mol. The van der Waals surface area contributed by atoms with E-state index in [1.165, 1.54) is 11.0 Å². The van der Waals surface area contributed by atoms with Crippen molar-refractivity contribution in [2.75, 3.05) is 82.8 Å². The zero-order valence-electron chi connectivity index (χ0n) is 42.7. The summed E-state index contributed by atoms with van der Waals surface area (Å²) in [6.07, 6.45) is 4.79. The lowest BCUT2D eigenvalue weighted by Gasteiger charge is -2.35. The summed E-state index contributed by atoms with van der Waals surface area (Å²) in [5.41, 5.74) is 7.00. The molecule has 0 unspecified atom stereocenters. The van der Waals surface area contributed by atoms with Gasteiger partial charge in [-0.05, 0) is 88.9 Å². The van der Waals surface area contributed by atoms with Gasteiger partial charge in [0.1, 0.15) is 54.3 Å². The molecule has 5 N–H and O–H groups in total. The molecule has 22 heteroatoms. The Morgan fingerprint density at radius 2 is 1.15 bits per heavy atom. The van der Waals surface area contributed by atoms with E-state index < -0.39 is 23.6 Å². The van der Waals surface area contributed by atoms with Crippen LogP contribution in [0.1, 0.15) is 95.6 Å². The number of aromatic carboxylic acids is 1. The average molecular weight is 1010 g/mol. The molecule has 73 heavy (non-hydrogen) atoms. The number of carbonyl (C=O) groups is 4. The van der Waals surface area contributed by atoms with Crippen molar-refractivity contribution in [3.05, 3.63) is 72.3 Å². The highest BCUT2D eigenvalue weighted by Gasteiger charge is 2.42. The maximum Gasteiger partial charge on any atom is 0.354 e. The number of amides is 4. The number of carboxylic acids is 1. The SMILES string of the molecule is CC(C)CC(=O)c1ccc2c(n1)N(C(=O)Nc1cc(OC[C@H]3COC(C)(C)O3)ccn1)[C@H]1CCN2C1.CC(C)N.CC1(C)OC[C@H](COc2ccnc(NC(=O)N3c4nc(C(=O)O)ccc4N4CC[C@H]3C4)c2)O1. The van der Waals surface area contributed by atoms with Crippen molar-refractivity contribution in [3.63, 3.8) is 0 Å². The molecule has 392 valence electrons. The van der Waals surface area contributed by atoms with Gasteiger partial charge in [-0.2, -0.15) is 0 Å². The number of hydrogen-bond acceptors (Lipinski definition) is 17. The van der Waals surface area contributed by atoms with Crippen LogP contribution in [0.25, 0.3) is 0 Å². The number of nitrogens with zero attached hydrogens (tertiary/aromatic N) is 8. The Morgan fingerprint density at radius 1 is 0.712 bits per heavy atom. The van der Waals surface area contributed by atoms with Crippen molar-refractivity contribution in [1.82, 2.24) is 19.9 Å². The molecule has 4 fully saturated rings. The maximum absolute atomic E-state index is 13.5. The lowest BCUT2D eigenvalue weighted by molar-refractivity contribution is -0.141. The molecule has 4 amide bonds. The van der Waals surface area contributed by atoms with Gasteiger partial charge in [-0.1, -0.05) is 27.7 Å². The summed E-state index contributed by atoms with van der Waals surface area (Å²) in [5, 5.41) is 15.0. The molecule has 10 heterocycles. The number of hydrogen-bond donors (Lipinski definition) is 4. The van der Waals surface area contributed by atoms with Crippen LogP contribution in [-0.2, 0) is 18.9 Å². The van der Waals surface area contributed by atoms with E-state index in [0.717, 1.165) is 43.9 Å². The topological polar surface area (TPSA) is 258 Å². The van der Waals surface area contributed by atoms with Crippen LogP contribution in [0, 0.1) is 5.92 Å². The lowest BCUT2D eigenvalue weighted by atomic mass is 10.0. The van der Waals surface area contributed by atoms with Gasteiger partial charge in [-0.15, -0.1) is 0 Å². The number of urea groups is 2. The molecule has 4 aromatic heterocycles. The first kappa shape index (κ1) is 52.6. The fourth-order valence-corrected chi connectivity index (χ4v) is 9.24. The van der Waals surface area contributed by atoms with E-state index in [4.69, 9.17) is 34.2 Å². The molecule has 0 saturated carbocycles. The van der Waals surface area contributed by atoms with Crippen LogP contribution in [0.4, 0.5) is 44.2 Å². The van der Waals surface area contributed by atoms with Gasteiger partial charge < -0.3 is 49.1 Å². The number of nitrogens with one attached hydrogen (secondary N) is 2. The maximum atomic E-state index is 13.5. The van der Waals surface area contributed by atoms with Crippen LogP contribution in [-0.4, -0.2) is 143 Å². The van der Waals surface area contributed by atoms with E-state index in [-0.39, 0.29) is 47.7 Å². The molecular weight excluding hydrogens is 943 g/mol. The van der Waals surface area contributed by atoms with Crippen LogP contribution < -0.4 is 45.4 Å².